The maximum atomic E-state index is 9.51. The summed E-state index contributed by atoms with van der Waals surface area (Å²) in [4.78, 5) is 0. The molecule has 4 heteroatoms. The fraction of sp³-hybridized carbons (Fsp3) is 1.00. The number of hydrogen-bond donors (Lipinski definition) is 1. The molecule has 4 nitrogen and oxygen atoms in total. The van der Waals surface area contributed by atoms with Gasteiger partial charge >= 0.3 is 0 Å². The Morgan fingerprint density at radius 1 is 1.24 bits per heavy atom. The molecule has 2 heterocycles. The molecule has 0 aromatic rings. The van der Waals surface area contributed by atoms with Gasteiger partial charge in [-0.3, -0.25) is 0 Å². The van der Waals surface area contributed by atoms with Gasteiger partial charge in [0, 0.05) is 11.3 Å². The molecule has 1 N–H and O–H groups in total. The molecular weight excluding hydrogens is 268 g/mol. The zero-order valence-electron chi connectivity index (χ0n) is 14.0. The fourth-order valence-corrected chi connectivity index (χ4v) is 3.17. The molecule has 2 aliphatic heterocycles. The maximum Gasteiger partial charge on any atom is 0.160 e. The summed E-state index contributed by atoms with van der Waals surface area (Å²) in [6.07, 6.45) is 5.38. The highest BCUT2D eigenvalue weighted by Crippen LogP contribution is 2.38. The first-order valence-corrected chi connectivity index (χ1v) is 8.56. The molecule has 0 spiro atoms. The molecule has 124 valence electrons. The average Bonchev–Trinajstić information content (AvgIpc) is 3.18. The van der Waals surface area contributed by atoms with Gasteiger partial charge in [0.2, 0.25) is 0 Å². The van der Waals surface area contributed by atoms with Gasteiger partial charge in [0.25, 0.3) is 0 Å². The van der Waals surface area contributed by atoms with Crippen LogP contribution in [0.3, 0.4) is 0 Å². The third-order valence-corrected chi connectivity index (χ3v) is 5.23. The molecule has 0 aliphatic carbocycles. The van der Waals surface area contributed by atoms with E-state index in [1.165, 1.54) is 0 Å². The SMILES string of the molecule is CCC(CC1OC1C)C1OCC(CC)(CCC(C)O)CO1. The minimum atomic E-state index is -0.247. The van der Waals surface area contributed by atoms with Crippen LogP contribution in [0, 0.1) is 11.3 Å². The Bertz CT molecular complexity index is 310. The topological polar surface area (TPSA) is 51.2 Å². The molecule has 21 heavy (non-hydrogen) atoms. The standard InChI is InChI=1S/C17H32O4/c1-5-14(9-15-13(4)21-15)16-19-10-17(6-2,11-20-16)8-7-12(3)18/h12-16,18H,5-11H2,1-4H3. The summed E-state index contributed by atoms with van der Waals surface area (Å²) in [5.41, 5.74) is 0.0785. The number of aliphatic hydroxyl groups is 1. The number of ether oxygens (including phenoxy) is 3. The Labute approximate surface area is 129 Å². The van der Waals surface area contributed by atoms with Gasteiger partial charge in [0.15, 0.2) is 6.29 Å². The third kappa shape index (κ3) is 4.65. The van der Waals surface area contributed by atoms with Crippen LogP contribution in [-0.2, 0) is 14.2 Å². The van der Waals surface area contributed by atoms with Gasteiger partial charge < -0.3 is 19.3 Å². The van der Waals surface area contributed by atoms with Crippen molar-refractivity contribution >= 4 is 0 Å². The van der Waals surface area contributed by atoms with E-state index in [-0.39, 0.29) is 17.8 Å². The molecule has 4 unspecified atom stereocenters. The van der Waals surface area contributed by atoms with E-state index in [9.17, 15) is 5.11 Å². The van der Waals surface area contributed by atoms with E-state index >= 15 is 0 Å². The van der Waals surface area contributed by atoms with Crippen molar-refractivity contribution in [3.63, 3.8) is 0 Å². The third-order valence-electron chi connectivity index (χ3n) is 5.23. The van der Waals surface area contributed by atoms with E-state index in [0.29, 0.717) is 18.1 Å². The largest absolute Gasteiger partial charge is 0.393 e. The smallest absolute Gasteiger partial charge is 0.160 e. The van der Waals surface area contributed by atoms with Crippen molar-refractivity contribution in [3.8, 4) is 0 Å². The molecule has 0 aromatic carbocycles. The van der Waals surface area contributed by atoms with Crippen LogP contribution < -0.4 is 0 Å². The van der Waals surface area contributed by atoms with Gasteiger partial charge in [-0.1, -0.05) is 13.8 Å². The molecule has 2 saturated heterocycles. The van der Waals surface area contributed by atoms with E-state index in [1.54, 1.807) is 0 Å². The molecule has 2 fully saturated rings. The molecule has 2 rings (SSSR count). The van der Waals surface area contributed by atoms with Gasteiger partial charge in [0.1, 0.15) is 0 Å². The van der Waals surface area contributed by atoms with Crippen molar-refractivity contribution in [2.24, 2.45) is 11.3 Å². The first-order chi connectivity index (χ1) is 9.99. The Balaban J connectivity index is 1.82. The van der Waals surface area contributed by atoms with E-state index in [1.807, 2.05) is 6.92 Å². The predicted molar refractivity (Wildman–Crippen MR) is 82.1 cm³/mol. The number of hydrogen-bond acceptors (Lipinski definition) is 4. The average molecular weight is 300 g/mol. The molecule has 4 atom stereocenters. The van der Waals surface area contributed by atoms with Crippen LogP contribution in [0.25, 0.3) is 0 Å². The van der Waals surface area contributed by atoms with Crippen LogP contribution in [0.5, 0.6) is 0 Å². The van der Waals surface area contributed by atoms with Gasteiger partial charge in [-0.05, 0) is 46.0 Å². The first-order valence-electron chi connectivity index (χ1n) is 8.56. The second-order valence-corrected chi connectivity index (χ2v) is 7.02. The van der Waals surface area contributed by atoms with Gasteiger partial charge in [-0.25, -0.2) is 0 Å². The van der Waals surface area contributed by atoms with Crippen LogP contribution in [0.15, 0.2) is 0 Å². The molecule has 2 aliphatic rings. The van der Waals surface area contributed by atoms with Crippen LogP contribution >= 0.6 is 0 Å². The number of epoxide rings is 1. The van der Waals surface area contributed by atoms with Gasteiger partial charge in [-0.2, -0.15) is 0 Å². The lowest BCUT2D eigenvalue weighted by Gasteiger charge is -2.42. The molecule has 0 aromatic heterocycles. The Hall–Kier alpha value is -0.160. The molecule has 0 saturated carbocycles. The van der Waals surface area contributed by atoms with Gasteiger partial charge in [0.05, 0.1) is 31.5 Å². The van der Waals surface area contributed by atoms with Crippen molar-refractivity contribution in [2.75, 3.05) is 13.2 Å². The quantitative estimate of drug-likeness (QED) is 0.700. The highest BCUT2D eigenvalue weighted by atomic mass is 16.7. The summed E-state index contributed by atoms with van der Waals surface area (Å²) in [6.45, 7) is 9.85. The second-order valence-electron chi connectivity index (χ2n) is 7.02. The Morgan fingerprint density at radius 2 is 1.86 bits per heavy atom. The number of aliphatic hydroxyl groups excluding tert-OH is 1. The van der Waals surface area contributed by atoms with E-state index in [2.05, 4.69) is 20.8 Å². The van der Waals surface area contributed by atoms with Crippen LogP contribution in [0.1, 0.15) is 59.8 Å². The van der Waals surface area contributed by atoms with Crippen molar-refractivity contribution in [1.82, 2.24) is 0 Å². The van der Waals surface area contributed by atoms with Crippen molar-refractivity contribution in [2.45, 2.75) is 84.4 Å². The van der Waals surface area contributed by atoms with Crippen molar-refractivity contribution in [1.29, 1.82) is 0 Å². The van der Waals surface area contributed by atoms with Gasteiger partial charge in [-0.15, -0.1) is 0 Å². The highest BCUT2D eigenvalue weighted by molar-refractivity contribution is 4.86. The zero-order valence-corrected chi connectivity index (χ0v) is 14.0. The van der Waals surface area contributed by atoms with Crippen LogP contribution in [0.4, 0.5) is 0 Å². The van der Waals surface area contributed by atoms with Crippen molar-refractivity contribution < 1.29 is 19.3 Å². The van der Waals surface area contributed by atoms with Crippen LogP contribution in [0.2, 0.25) is 0 Å². The molecular formula is C17H32O4. The van der Waals surface area contributed by atoms with E-state index in [0.717, 1.165) is 45.3 Å². The lowest BCUT2D eigenvalue weighted by Crippen LogP contribution is -2.44. The lowest BCUT2D eigenvalue weighted by atomic mass is 9.80. The summed E-state index contributed by atoms with van der Waals surface area (Å²) in [6, 6.07) is 0. The normalized spacial score (nSPS) is 39.0. The zero-order chi connectivity index (χ0) is 15.5. The van der Waals surface area contributed by atoms with E-state index in [4.69, 9.17) is 14.2 Å². The Morgan fingerprint density at radius 3 is 2.29 bits per heavy atom. The summed E-state index contributed by atoms with van der Waals surface area (Å²) >= 11 is 0. The monoisotopic (exact) mass is 300 g/mol. The number of rotatable bonds is 8. The second kappa shape index (κ2) is 7.40. The molecule has 0 amide bonds. The van der Waals surface area contributed by atoms with E-state index < -0.39 is 0 Å². The minimum absolute atomic E-state index is 0.0785. The molecule has 0 radical (unpaired) electrons. The fourth-order valence-electron chi connectivity index (χ4n) is 3.17. The molecule has 0 bridgehead atoms. The summed E-state index contributed by atoms with van der Waals surface area (Å²) in [7, 11) is 0. The van der Waals surface area contributed by atoms with Crippen LogP contribution in [-0.4, -0.2) is 42.9 Å². The lowest BCUT2D eigenvalue weighted by molar-refractivity contribution is -0.254. The predicted octanol–water partition coefficient (Wildman–Crippen LogP) is 3.12. The highest BCUT2D eigenvalue weighted by Gasteiger charge is 2.41. The maximum absolute atomic E-state index is 9.51. The summed E-state index contributed by atoms with van der Waals surface area (Å²) in [5, 5.41) is 9.51. The first kappa shape index (κ1) is 17.2. The Kier molecular flexibility index (Phi) is 6.06. The summed E-state index contributed by atoms with van der Waals surface area (Å²) < 4.78 is 17.7. The minimum Gasteiger partial charge on any atom is -0.393 e. The van der Waals surface area contributed by atoms with Crippen molar-refractivity contribution in [3.05, 3.63) is 0 Å². The summed E-state index contributed by atoms with van der Waals surface area (Å²) in [5.74, 6) is 0.423.